The van der Waals surface area contributed by atoms with E-state index in [1.165, 1.54) is 44.9 Å². The maximum Gasteiger partial charge on any atom is 0.0702 e. The van der Waals surface area contributed by atoms with E-state index < -0.39 is 0 Å². The first kappa shape index (κ1) is 16.9. The molecule has 0 radical (unpaired) electrons. The minimum Gasteiger partial charge on any atom is -0.374 e. The molecule has 2 atom stereocenters. The van der Waals surface area contributed by atoms with Crippen molar-refractivity contribution in [1.29, 1.82) is 0 Å². The molecule has 0 aromatic carbocycles. The third kappa shape index (κ3) is 10.8. The molecule has 0 aliphatic heterocycles. The predicted molar refractivity (Wildman–Crippen MR) is 76.5 cm³/mol. The van der Waals surface area contributed by atoms with Gasteiger partial charge < -0.3 is 10.1 Å². The van der Waals surface area contributed by atoms with Crippen molar-refractivity contribution in [2.45, 2.75) is 84.8 Å². The lowest BCUT2D eigenvalue weighted by Gasteiger charge is -2.22. The van der Waals surface area contributed by atoms with Gasteiger partial charge in [0.05, 0.1) is 12.2 Å². The summed E-state index contributed by atoms with van der Waals surface area (Å²) in [5.74, 6) is 0. The average Bonchev–Trinajstić information content (AvgIpc) is 2.32. The first-order chi connectivity index (χ1) is 8.24. The zero-order chi connectivity index (χ0) is 12.9. The Hall–Kier alpha value is -0.0800. The molecule has 0 heterocycles. The van der Waals surface area contributed by atoms with Crippen LogP contribution >= 0.6 is 0 Å². The van der Waals surface area contributed by atoms with E-state index in [4.69, 9.17) is 4.74 Å². The van der Waals surface area contributed by atoms with Gasteiger partial charge in [0.25, 0.3) is 0 Å². The van der Waals surface area contributed by atoms with Crippen LogP contribution in [0.4, 0.5) is 0 Å². The van der Waals surface area contributed by atoms with Crippen LogP contribution in [0.5, 0.6) is 0 Å². The quantitative estimate of drug-likeness (QED) is 0.520. The van der Waals surface area contributed by atoms with E-state index in [1.54, 1.807) is 0 Å². The van der Waals surface area contributed by atoms with Crippen molar-refractivity contribution in [3.63, 3.8) is 0 Å². The molecule has 2 heteroatoms. The average molecular weight is 243 g/mol. The molecule has 2 unspecified atom stereocenters. The molecule has 17 heavy (non-hydrogen) atoms. The number of rotatable bonds is 12. The van der Waals surface area contributed by atoms with E-state index in [0.29, 0.717) is 12.2 Å². The van der Waals surface area contributed by atoms with Gasteiger partial charge in [-0.3, -0.25) is 0 Å². The summed E-state index contributed by atoms with van der Waals surface area (Å²) in [6.07, 6.45) is 9.77. The van der Waals surface area contributed by atoms with Crippen molar-refractivity contribution in [2.24, 2.45) is 0 Å². The topological polar surface area (TPSA) is 21.3 Å². The van der Waals surface area contributed by atoms with Gasteiger partial charge in [-0.15, -0.1) is 0 Å². The Labute approximate surface area is 109 Å². The zero-order valence-corrected chi connectivity index (χ0v) is 12.4. The second-order valence-electron chi connectivity index (χ2n) is 5.01. The molecule has 0 aromatic rings. The highest BCUT2D eigenvalue weighted by atomic mass is 16.5. The smallest absolute Gasteiger partial charge is 0.0702 e. The Kier molecular flexibility index (Phi) is 12.3. The van der Waals surface area contributed by atoms with Gasteiger partial charge in [0.15, 0.2) is 0 Å². The zero-order valence-electron chi connectivity index (χ0n) is 12.4. The molecule has 0 amide bonds. The molecule has 0 fully saturated rings. The molecular formula is C15H33NO. The fourth-order valence-electron chi connectivity index (χ4n) is 2.10. The number of hydrogen-bond donors (Lipinski definition) is 1. The van der Waals surface area contributed by atoms with Gasteiger partial charge in [0.2, 0.25) is 0 Å². The first-order valence-electron chi connectivity index (χ1n) is 7.60. The molecule has 0 spiro atoms. The van der Waals surface area contributed by atoms with Crippen LogP contribution in [0.3, 0.4) is 0 Å². The summed E-state index contributed by atoms with van der Waals surface area (Å²) in [6, 6.07) is 0. The van der Waals surface area contributed by atoms with Crippen molar-refractivity contribution >= 4 is 0 Å². The molecule has 2 nitrogen and oxygen atoms in total. The van der Waals surface area contributed by atoms with E-state index in [-0.39, 0.29) is 0 Å². The molecule has 0 saturated heterocycles. The molecule has 0 aromatic heterocycles. The van der Waals surface area contributed by atoms with Crippen LogP contribution in [0.2, 0.25) is 0 Å². The Bertz CT molecular complexity index is 150. The van der Waals surface area contributed by atoms with Crippen molar-refractivity contribution < 1.29 is 4.74 Å². The molecular weight excluding hydrogens is 210 g/mol. The lowest BCUT2D eigenvalue weighted by molar-refractivity contribution is -0.0107. The third-order valence-corrected chi connectivity index (χ3v) is 3.12. The molecule has 0 aliphatic carbocycles. The summed E-state index contributed by atoms with van der Waals surface area (Å²) in [4.78, 5) is 0. The number of nitrogens with one attached hydrogen (secondary N) is 1. The molecule has 1 N–H and O–H groups in total. The summed E-state index contributed by atoms with van der Waals surface area (Å²) in [5, 5.41) is 3.39. The molecule has 104 valence electrons. The van der Waals surface area contributed by atoms with Gasteiger partial charge >= 0.3 is 0 Å². The summed E-state index contributed by atoms with van der Waals surface area (Å²) in [7, 11) is 0. The number of ether oxygens (including phenoxy) is 1. The predicted octanol–water partition coefficient (Wildman–Crippen LogP) is 4.14. The fraction of sp³-hybridized carbons (Fsp3) is 1.00. The number of hydrogen-bond acceptors (Lipinski definition) is 2. The highest BCUT2D eigenvalue weighted by Gasteiger charge is 2.11. The van der Waals surface area contributed by atoms with Gasteiger partial charge in [0, 0.05) is 6.54 Å². The Morgan fingerprint density at radius 1 is 0.941 bits per heavy atom. The van der Waals surface area contributed by atoms with Crippen LogP contribution in [0.1, 0.15) is 72.6 Å². The van der Waals surface area contributed by atoms with Crippen LogP contribution < -0.4 is 5.32 Å². The number of likely N-dealkylation sites (N-methyl/N-ethyl adjacent to an activating group) is 1. The van der Waals surface area contributed by atoms with Gasteiger partial charge in [-0.2, -0.15) is 0 Å². The van der Waals surface area contributed by atoms with Crippen LogP contribution in [0, 0.1) is 0 Å². The molecule has 0 rings (SSSR count). The lowest BCUT2D eigenvalue weighted by Crippen LogP contribution is -2.31. The minimum absolute atomic E-state index is 0.404. The monoisotopic (exact) mass is 243 g/mol. The number of unbranched alkanes of at least 4 members (excludes halogenated alkanes) is 3. The standard InChI is InChI=1S/C15H33NO/c1-5-8-9-10-12-14(4)17-15(11-6-2)13-16-7-3/h14-16H,5-13H2,1-4H3. The van der Waals surface area contributed by atoms with Gasteiger partial charge in [-0.25, -0.2) is 0 Å². The van der Waals surface area contributed by atoms with Gasteiger partial charge in [-0.05, 0) is 26.3 Å². The molecule has 0 saturated carbocycles. The largest absolute Gasteiger partial charge is 0.374 e. The van der Waals surface area contributed by atoms with Gasteiger partial charge in [-0.1, -0.05) is 52.9 Å². The summed E-state index contributed by atoms with van der Waals surface area (Å²) >= 11 is 0. The highest BCUT2D eigenvalue weighted by molar-refractivity contribution is 4.63. The lowest BCUT2D eigenvalue weighted by atomic mass is 10.1. The minimum atomic E-state index is 0.404. The van der Waals surface area contributed by atoms with Gasteiger partial charge in [0.1, 0.15) is 0 Å². The SMILES string of the molecule is CCCCCCC(C)OC(CCC)CNCC. The Morgan fingerprint density at radius 3 is 2.29 bits per heavy atom. The van der Waals surface area contributed by atoms with E-state index >= 15 is 0 Å². The fourth-order valence-corrected chi connectivity index (χ4v) is 2.10. The highest BCUT2D eigenvalue weighted by Crippen LogP contribution is 2.12. The van der Waals surface area contributed by atoms with Crippen molar-refractivity contribution in [2.75, 3.05) is 13.1 Å². The summed E-state index contributed by atoms with van der Waals surface area (Å²) in [5.41, 5.74) is 0. The van der Waals surface area contributed by atoms with Crippen LogP contribution in [0.25, 0.3) is 0 Å². The second kappa shape index (κ2) is 12.4. The Morgan fingerprint density at radius 2 is 1.71 bits per heavy atom. The van der Waals surface area contributed by atoms with Crippen molar-refractivity contribution in [3.8, 4) is 0 Å². The van der Waals surface area contributed by atoms with E-state index in [9.17, 15) is 0 Å². The van der Waals surface area contributed by atoms with E-state index in [1.807, 2.05) is 0 Å². The van der Waals surface area contributed by atoms with Crippen LogP contribution in [-0.4, -0.2) is 25.3 Å². The summed E-state index contributed by atoms with van der Waals surface area (Å²) in [6.45, 7) is 10.9. The Balaban J connectivity index is 3.66. The van der Waals surface area contributed by atoms with E-state index in [0.717, 1.165) is 13.1 Å². The van der Waals surface area contributed by atoms with Crippen LogP contribution in [0.15, 0.2) is 0 Å². The maximum absolute atomic E-state index is 6.11. The summed E-state index contributed by atoms with van der Waals surface area (Å²) < 4.78 is 6.11. The van der Waals surface area contributed by atoms with Crippen molar-refractivity contribution in [1.82, 2.24) is 5.32 Å². The van der Waals surface area contributed by atoms with Crippen LogP contribution in [-0.2, 0) is 4.74 Å². The first-order valence-corrected chi connectivity index (χ1v) is 7.60. The maximum atomic E-state index is 6.11. The third-order valence-electron chi connectivity index (χ3n) is 3.12. The normalized spacial score (nSPS) is 14.8. The van der Waals surface area contributed by atoms with E-state index in [2.05, 4.69) is 33.0 Å². The second-order valence-corrected chi connectivity index (χ2v) is 5.01. The molecule has 0 aliphatic rings. The van der Waals surface area contributed by atoms with Crippen molar-refractivity contribution in [3.05, 3.63) is 0 Å². The molecule has 0 bridgehead atoms.